The Bertz CT molecular complexity index is 1610. The third-order valence-electron chi connectivity index (χ3n) is 5.87. The number of carbonyl (C=O) groups excluding carboxylic acids is 1. The van der Waals surface area contributed by atoms with Gasteiger partial charge in [0.05, 0.1) is 28.1 Å². The van der Waals surface area contributed by atoms with Gasteiger partial charge in [0, 0.05) is 11.4 Å². The van der Waals surface area contributed by atoms with Crippen molar-refractivity contribution in [3.05, 3.63) is 92.6 Å². The molecule has 0 unspecified atom stereocenters. The number of thioether (sulfide) groups is 1. The Hall–Kier alpha value is -4.11. The largest absolute Gasteiger partial charge is 0.494 e. The van der Waals surface area contributed by atoms with Crippen LogP contribution in [0.1, 0.15) is 29.7 Å². The van der Waals surface area contributed by atoms with Crippen LogP contribution in [0.3, 0.4) is 0 Å². The van der Waals surface area contributed by atoms with Gasteiger partial charge in [-0.15, -0.1) is 0 Å². The summed E-state index contributed by atoms with van der Waals surface area (Å²) in [6.07, 6.45) is 1.83. The topological polar surface area (TPSA) is 90.5 Å². The number of amides is 1. The molecule has 0 aliphatic carbocycles. The molecule has 36 heavy (non-hydrogen) atoms. The first-order valence-corrected chi connectivity index (χ1v) is 12.4. The lowest BCUT2D eigenvalue weighted by Crippen LogP contribution is -2.30. The highest BCUT2D eigenvalue weighted by atomic mass is 32.2. The summed E-state index contributed by atoms with van der Waals surface area (Å²) in [5.41, 5.74) is 3.77. The summed E-state index contributed by atoms with van der Waals surface area (Å²) in [5, 5.41) is 3.89. The van der Waals surface area contributed by atoms with Crippen molar-refractivity contribution in [2.45, 2.75) is 27.7 Å². The van der Waals surface area contributed by atoms with E-state index in [2.05, 4.69) is 15.3 Å². The first-order chi connectivity index (χ1) is 17.4. The smallest absolute Gasteiger partial charge is 0.280 e. The second-order valence-corrected chi connectivity index (χ2v) is 9.37. The maximum Gasteiger partial charge on any atom is 0.280 e. The van der Waals surface area contributed by atoms with Crippen LogP contribution in [-0.4, -0.2) is 32.0 Å². The van der Waals surface area contributed by atoms with Crippen molar-refractivity contribution >= 4 is 45.5 Å². The van der Waals surface area contributed by atoms with Gasteiger partial charge in [-0.3, -0.25) is 14.3 Å². The maximum absolute atomic E-state index is 13.3. The Morgan fingerprint density at radius 1 is 1.06 bits per heavy atom. The average molecular weight is 500 g/mol. The number of aliphatic imine (C=N–C) groups is 1. The molecule has 1 N–H and O–H groups in total. The number of nitrogens with one attached hydrogen (secondary N) is 1. The number of benzene rings is 2. The number of aryl methyl sites for hydroxylation is 2. The van der Waals surface area contributed by atoms with Gasteiger partial charge < -0.3 is 10.1 Å². The molecule has 2 aromatic heterocycles. The van der Waals surface area contributed by atoms with Gasteiger partial charge >= 0.3 is 0 Å². The minimum atomic E-state index is -0.213. The average Bonchev–Trinajstić information content (AvgIpc) is 3.33. The SMILES string of the molecule is CCOc1ccc(N=C2NC(=O)C(=Cc3cc(C)n(-n4c(C)nc5ccccc5c4=O)c3C)S2)cc1. The minimum absolute atomic E-state index is 0.142. The summed E-state index contributed by atoms with van der Waals surface area (Å²) < 4.78 is 8.88. The van der Waals surface area contributed by atoms with Crippen LogP contribution in [0.25, 0.3) is 17.0 Å². The number of hydrogen-bond acceptors (Lipinski definition) is 6. The molecule has 0 saturated carbocycles. The molecule has 182 valence electrons. The first kappa shape index (κ1) is 23.6. The summed E-state index contributed by atoms with van der Waals surface area (Å²) in [7, 11) is 0. The summed E-state index contributed by atoms with van der Waals surface area (Å²) in [6, 6.07) is 16.7. The number of nitrogens with zero attached hydrogens (tertiary/aromatic N) is 4. The minimum Gasteiger partial charge on any atom is -0.494 e. The Morgan fingerprint density at radius 3 is 2.56 bits per heavy atom. The fourth-order valence-corrected chi connectivity index (χ4v) is 5.06. The van der Waals surface area contributed by atoms with Crippen molar-refractivity contribution in [2.75, 3.05) is 6.61 Å². The van der Waals surface area contributed by atoms with Gasteiger partial charge in [-0.25, -0.2) is 9.98 Å². The molecule has 2 aromatic carbocycles. The summed E-state index contributed by atoms with van der Waals surface area (Å²) in [6.45, 7) is 8.20. The van der Waals surface area contributed by atoms with Gasteiger partial charge in [0.2, 0.25) is 0 Å². The molecule has 0 radical (unpaired) electrons. The van der Waals surface area contributed by atoms with E-state index in [-0.39, 0.29) is 11.5 Å². The second-order valence-electron chi connectivity index (χ2n) is 8.34. The third kappa shape index (κ3) is 4.33. The van der Waals surface area contributed by atoms with Crippen LogP contribution >= 0.6 is 11.8 Å². The molecule has 0 bridgehead atoms. The fraction of sp³-hybridized carbons (Fsp3) is 0.185. The molecular weight excluding hydrogens is 474 g/mol. The molecule has 1 aliphatic rings. The Balaban J connectivity index is 1.48. The van der Waals surface area contributed by atoms with Crippen molar-refractivity contribution < 1.29 is 9.53 Å². The van der Waals surface area contributed by atoms with Gasteiger partial charge in [-0.2, -0.15) is 4.68 Å². The fourth-order valence-electron chi connectivity index (χ4n) is 4.22. The van der Waals surface area contributed by atoms with Gasteiger partial charge in [0.15, 0.2) is 5.17 Å². The van der Waals surface area contributed by atoms with E-state index in [0.29, 0.717) is 33.4 Å². The monoisotopic (exact) mass is 499 g/mol. The Kier molecular flexibility index (Phi) is 6.24. The molecule has 4 aromatic rings. The van der Waals surface area contributed by atoms with Gasteiger partial charge in [0.25, 0.3) is 11.5 Å². The van der Waals surface area contributed by atoms with Crippen molar-refractivity contribution in [2.24, 2.45) is 4.99 Å². The zero-order valence-corrected chi connectivity index (χ0v) is 21.2. The number of amidine groups is 1. The van der Waals surface area contributed by atoms with Crippen LogP contribution in [0.15, 0.2) is 69.3 Å². The third-order valence-corrected chi connectivity index (χ3v) is 6.78. The molecule has 3 heterocycles. The van der Waals surface area contributed by atoms with E-state index in [1.807, 2.05) is 87.0 Å². The van der Waals surface area contributed by atoms with Crippen LogP contribution in [0.2, 0.25) is 0 Å². The lowest BCUT2D eigenvalue weighted by molar-refractivity contribution is -0.115. The number of rotatable bonds is 5. The first-order valence-electron chi connectivity index (χ1n) is 11.6. The summed E-state index contributed by atoms with van der Waals surface area (Å²) >= 11 is 1.28. The zero-order chi connectivity index (χ0) is 25.4. The molecule has 1 aliphatic heterocycles. The van der Waals surface area contributed by atoms with E-state index < -0.39 is 0 Å². The van der Waals surface area contributed by atoms with E-state index >= 15 is 0 Å². The Labute approximate surface area is 212 Å². The second kappa shape index (κ2) is 9.50. The number of hydrogen-bond donors (Lipinski definition) is 1. The molecule has 0 atom stereocenters. The van der Waals surface area contributed by atoms with E-state index in [1.165, 1.54) is 11.8 Å². The molecule has 9 heteroatoms. The van der Waals surface area contributed by atoms with Gasteiger partial charge in [0.1, 0.15) is 11.6 Å². The van der Waals surface area contributed by atoms with Crippen LogP contribution in [-0.2, 0) is 4.79 Å². The number of fused-ring (bicyclic) bond motifs is 1. The lowest BCUT2D eigenvalue weighted by atomic mass is 10.2. The molecule has 1 saturated heterocycles. The van der Waals surface area contributed by atoms with Crippen LogP contribution in [0.5, 0.6) is 5.75 Å². The number of ether oxygens (including phenoxy) is 1. The molecule has 1 amide bonds. The lowest BCUT2D eigenvalue weighted by Gasteiger charge is -2.16. The van der Waals surface area contributed by atoms with Crippen molar-refractivity contribution in [3.63, 3.8) is 0 Å². The van der Waals surface area contributed by atoms with Crippen LogP contribution < -0.4 is 15.6 Å². The normalized spacial score (nSPS) is 15.7. The van der Waals surface area contributed by atoms with Crippen molar-refractivity contribution in [1.82, 2.24) is 19.7 Å². The maximum atomic E-state index is 13.3. The highest BCUT2D eigenvalue weighted by Gasteiger charge is 2.25. The predicted octanol–water partition coefficient (Wildman–Crippen LogP) is 4.72. The Morgan fingerprint density at radius 2 is 1.81 bits per heavy atom. The summed E-state index contributed by atoms with van der Waals surface area (Å²) in [5.74, 6) is 1.14. The molecule has 8 nitrogen and oxygen atoms in total. The van der Waals surface area contributed by atoms with E-state index in [9.17, 15) is 9.59 Å². The van der Waals surface area contributed by atoms with Crippen molar-refractivity contribution in [1.29, 1.82) is 0 Å². The van der Waals surface area contributed by atoms with E-state index in [4.69, 9.17) is 4.74 Å². The molecule has 1 fully saturated rings. The highest BCUT2D eigenvalue weighted by molar-refractivity contribution is 8.18. The van der Waals surface area contributed by atoms with Crippen LogP contribution in [0, 0.1) is 20.8 Å². The standard InChI is InChI=1S/C27H25N5O3S/c1-5-35-21-12-10-20(11-13-21)29-27-30-25(33)24(36-27)15-19-14-16(2)31(17(19)3)32-18(4)28-23-9-7-6-8-22(23)26(32)34/h6-15H,5H2,1-4H3,(H,29,30,33). The zero-order valence-electron chi connectivity index (χ0n) is 20.4. The highest BCUT2D eigenvalue weighted by Crippen LogP contribution is 2.30. The number of para-hydroxylation sites is 1. The molecule has 5 rings (SSSR count). The van der Waals surface area contributed by atoms with Crippen molar-refractivity contribution in [3.8, 4) is 5.75 Å². The summed E-state index contributed by atoms with van der Waals surface area (Å²) in [4.78, 5) is 35.7. The number of aromatic nitrogens is 3. The number of carbonyl (C=O) groups is 1. The molecule has 0 spiro atoms. The molecular formula is C27H25N5O3S. The quantitative estimate of drug-likeness (QED) is 0.401. The van der Waals surface area contributed by atoms with Gasteiger partial charge in [-0.05, 0) is 93.6 Å². The predicted molar refractivity (Wildman–Crippen MR) is 144 cm³/mol. The van der Waals surface area contributed by atoms with E-state index in [1.54, 1.807) is 10.7 Å². The van der Waals surface area contributed by atoms with E-state index in [0.717, 1.165) is 28.4 Å². The van der Waals surface area contributed by atoms with Crippen LogP contribution in [0.4, 0.5) is 5.69 Å². The van der Waals surface area contributed by atoms with Gasteiger partial charge in [-0.1, -0.05) is 12.1 Å².